The highest BCUT2D eigenvalue weighted by Gasteiger charge is 2.32. The summed E-state index contributed by atoms with van der Waals surface area (Å²) in [6, 6.07) is 21.6. The molecule has 3 atom stereocenters. The van der Waals surface area contributed by atoms with Crippen LogP contribution >= 0.6 is 0 Å². The van der Waals surface area contributed by atoms with Crippen molar-refractivity contribution in [1.82, 2.24) is 10.6 Å². The minimum Gasteiger partial charge on any atom is -0.481 e. The Labute approximate surface area is 271 Å². The Balaban J connectivity index is 0.000000651. The first kappa shape index (κ1) is 38.3. The summed E-state index contributed by atoms with van der Waals surface area (Å²) >= 11 is 0. The Morgan fingerprint density at radius 1 is 0.830 bits per heavy atom. The zero-order valence-electron chi connectivity index (χ0n) is 26.1. The van der Waals surface area contributed by atoms with Crippen molar-refractivity contribution in [2.75, 3.05) is 0 Å². The zero-order valence-corrected chi connectivity index (χ0v) is 26.1. The highest BCUT2D eigenvalue weighted by Crippen LogP contribution is 2.23. The number of aliphatic carboxylic acids is 1. The normalized spacial score (nSPS) is 12.9. The fourth-order valence-electron chi connectivity index (χ4n) is 4.49. The molecule has 3 amide bonds. The van der Waals surface area contributed by atoms with E-state index in [-0.39, 0.29) is 43.1 Å². The fraction of sp³-hybridized carbons (Fsp3) is 0.353. The number of alkyl halides is 3. The van der Waals surface area contributed by atoms with Crippen molar-refractivity contribution in [3.8, 4) is 5.75 Å². The van der Waals surface area contributed by atoms with Crippen molar-refractivity contribution in [3.05, 3.63) is 102 Å². The van der Waals surface area contributed by atoms with Crippen LogP contribution in [0.4, 0.5) is 13.2 Å². The van der Waals surface area contributed by atoms with Crippen LogP contribution in [-0.2, 0) is 38.4 Å². The maximum atomic E-state index is 13.1. The van der Waals surface area contributed by atoms with Gasteiger partial charge in [0.1, 0.15) is 11.8 Å². The number of aliphatic hydroxyl groups excluding tert-OH is 1. The molecule has 0 saturated carbocycles. The van der Waals surface area contributed by atoms with E-state index < -0.39 is 48.1 Å². The van der Waals surface area contributed by atoms with Gasteiger partial charge >= 0.3 is 12.3 Å². The number of hydrogen-bond acceptors (Lipinski definition) is 6. The summed E-state index contributed by atoms with van der Waals surface area (Å²) in [6.07, 6.45) is -6.11. The SMILES string of the molecule is CC(C)C(NC(=O)Cc1cccc(OC(F)(F)F)c1)C(=O)N[C@@H](Cc1ccccc1)[C@@H](O)CCC(=O)O.NC(=O)Cc1ccccc1. The number of primary amides is 1. The summed E-state index contributed by atoms with van der Waals surface area (Å²) in [5, 5.41) is 24.9. The molecule has 0 fully saturated rings. The van der Waals surface area contributed by atoms with Crippen molar-refractivity contribution in [2.45, 2.75) is 70.5 Å². The summed E-state index contributed by atoms with van der Waals surface area (Å²) in [4.78, 5) is 47.1. The average Bonchev–Trinajstić information content (AvgIpc) is 2.98. The van der Waals surface area contributed by atoms with Gasteiger partial charge in [0.2, 0.25) is 17.7 Å². The molecule has 0 aromatic heterocycles. The molecule has 3 aromatic rings. The molecule has 0 aliphatic heterocycles. The molecule has 6 N–H and O–H groups in total. The number of carboxylic acid groups (broad SMARTS) is 1. The third-order valence-electron chi connectivity index (χ3n) is 6.73. The number of amides is 3. The minimum absolute atomic E-state index is 0.0812. The summed E-state index contributed by atoms with van der Waals surface area (Å²) < 4.78 is 41.3. The molecule has 0 aliphatic rings. The fourth-order valence-corrected chi connectivity index (χ4v) is 4.49. The van der Waals surface area contributed by atoms with Gasteiger partial charge in [0.05, 0.1) is 25.0 Å². The second-order valence-corrected chi connectivity index (χ2v) is 11.1. The van der Waals surface area contributed by atoms with Crippen molar-refractivity contribution in [3.63, 3.8) is 0 Å². The van der Waals surface area contributed by atoms with Gasteiger partial charge in [0.25, 0.3) is 0 Å². The molecule has 254 valence electrons. The van der Waals surface area contributed by atoms with E-state index in [9.17, 15) is 37.5 Å². The number of carbonyl (C=O) groups excluding carboxylic acids is 3. The second-order valence-electron chi connectivity index (χ2n) is 11.1. The first-order valence-electron chi connectivity index (χ1n) is 14.8. The van der Waals surface area contributed by atoms with E-state index in [1.807, 2.05) is 36.4 Å². The van der Waals surface area contributed by atoms with Gasteiger partial charge in [-0.1, -0.05) is 86.6 Å². The molecule has 0 aliphatic carbocycles. The number of ether oxygens (including phenoxy) is 1. The number of aliphatic hydroxyl groups is 1. The highest BCUT2D eigenvalue weighted by molar-refractivity contribution is 5.88. The van der Waals surface area contributed by atoms with Crippen LogP contribution in [0.3, 0.4) is 0 Å². The van der Waals surface area contributed by atoms with E-state index in [4.69, 9.17) is 10.8 Å². The number of rotatable bonds is 15. The van der Waals surface area contributed by atoms with Crippen molar-refractivity contribution in [2.24, 2.45) is 11.7 Å². The molecule has 0 bridgehead atoms. The monoisotopic (exact) mass is 659 g/mol. The maximum Gasteiger partial charge on any atom is 0.573 e. The first-order valence-corrected chi connectivity index (χ1v) is 14.8. The number of benzene rings is 3. The lowest BCUT2D eigenvalue weighted by atomic mass is 9.96. The molecule has 3 rings (SSSR count). The van der Waals surface area contributed by atoms with Gasteiger partial charge in [-0.15, -0.1) is 13.2 Å². The van der Waals surface area contributed by atoms with E-state index in [0.717, 1.165) is 23.3 Å². The third kappa shape index (κ3) is 15.8. The average molecular weight is 660 g/mol. The van der Waals surface area contributed by atoms with Gasteiger partial charge in [0, 0.05) is 6.42 Å². The first-order chi connectivity index (χ1) is 22.1. The molecule has 10 nitrogen and oxygen atoms in total. The molecule has 0 saturated heterocycles. The summed E-state index contributed by atoms with van der Waals surface area (Å²) in [5.41, 5.74) is 7.02. The third-order valence-corrected chi connectivity index (χ3v) is 6.73. The number of nitrogens with two attached hydrogens (primary N) is 1. The molecule has 3 aromatic carbocycles. The number of halogens is 3. The van der Waals surface area contributed by atoms with Crippen molar-refractivity contribution in [1.29, 1.82) is 0 Å². The summed E-state index contributed by atoms with van der Waals surface area (Å²) in [7, 11) is 0. The topological polar surface area (TPSA) is 168 Å². The Morgan fingerprint density at radius 2 is 1.40 bits per heavy atom. The highest BCUT2D eigenvalue weighted by atomic mass is 19.4. The van der Waals surface area contributed by atoms with Gasteiger partial charge in [-0.2, -0.15) is 0 Å². The van der Waals surface area contributed by atoms with E-state index in [2.05, 4.69) is 15.4 Å². The Hall–Kier alpha value is -4.91. The van der Waals surface area contributed by atoms with Gasteiger partial charge in [-0.3, -0.25) is 19.2 Å². The van der Waals surface area contributed by atoms with Crippen LogP contribution in [0.15, 0.2) is 84.9 Å². The van der Waals surface area contributed by atoms with E-state index in [0.29, 0.717) is 6.42 Å². The molecule has 0 spiro atoms. The van der Waals surface area contributed by atoms with Crippen molar-refractivity contribution >= 4 is 23.7 Å². The quantitative estimate of drug-likeness (QED) is 0.165. The number of carboxylic acids is 1. The Kier molecular flexibility index (Phi) is 15.4. The largest absolute Gasteiger partial charge is 0.573 e. The van der Waals surface area contributed by atoms with Crippen LogP contribution in [0.1, 0.15) is 43.4 Å². The lowest BCUT2D eigenvalue weighted by Gasteiger charge is -2.28. The van der Waals surface area contributed by atoms with Crippen LogP contribution in [-0.4, -0.2) is 58.5 Å². The standard InChI is InChI=1S/C26H31F3N2O6.C8H9NO/c1-16(2)24(31-22(33)15-18-9-6-10-19(13-18)37-26(27,28)29)25(36)30-20(21(32)11-12-23(34)35)14-17-7-4-3-5-8-17;9-8(10)6-7-4-2-1-3-5-7/h3-10,13,16,20-21,24,32H,11-12,14-15H2,1-2H3,(H,30,36)(H,31,33)(H,34,35);1-5H,6H2,(H2,9,10)/t20-,21-,24?;/m0./s1. The maximum absolute atomic E-state index is 13.1. The molecule has 0 heterocycles. The Morgan fingerprint density at radius 3 is 1.94 bits per heavy atom. The lowest BCUT2D eigenvalue weighted by molar-refractivity contribution is -0.274. The van der Waals surface area contributed by atoms with Crippen LogP contribution in [0.5, 0.6) is 5.75 Å². The molecule has 13 heteroatoms. The molecule has 1 unspecified atom stereocenters. The predicted molar refractivity (Wildman–Crippen MR) is 168 cm³/mol. The smallest absolute Gasteiger partial charge is 0.481 e. The van der Waals surface area contributed by atoms with Crippen LogP contribution in [0, 0.1) is 5.92 Å². The van der Waals surface area contributed by atoms with Gasteiger partial charge < -0.3 is 31.3 Å². The van der Waals surface area contributed by atoms with Gasteiger partial charge in [0.15, 0.2) is 0 Å². The van der Waals surface area contributed by atoms with Crippen LogP contribution in [0.2, 0.25) is 0 Å². The van der Waals surface area contributed by atoms with Crippen molar-refractivity contribution < 1.29 is 47.3 Å². The van der Waals surface area contributed by atoms with E-state index in [1.54, 1.807) is 38.1 Å². The minimum atomic E-state index is -4.87. The molecular formula is C34H40F3N3O7. The van der Waals surface area contributed by atoms with Crippen LogP contribution < -0.4 is 21.1 Å². The van der Waals surface area contributed by atoms with Gasteiger partial charge in [-0.05, 0) is 47.6 Å². The number of nitrogens with one attached hydrogen (secondary N) is 2. The lowest BCUT2D eigenvalue weighted by Crippen LogP contribution is -2.55. The predicted octanol–water partition coefficient (Wildman–Crippen LogP) is 3.94. The summed E-state index contributed by atoms with van der Waals surface area (Å²) in [5.74, 6) is -3.36. The van der Waals surface area contributed by atoms with E-state index >= 15 is 0 Å². The molecule has 0 radical (unpaired) electrons. The molecular weight excluding hydrogens is 619 g/mol. The zero-order chi connectivity index (χ0) is 35.0. The second kappa shape index (κ2) is 18.9. The molecule has 47 heavy (non-hydrogen) atoms. The Bertz CT molecular complexity index is 1440. The van der Waals surface area contributed by atoms with Gasteiger partial charge in [-0.25, -0.2) is 0 Å². The van der Waals surface area contributed by atoms with Crippen LogP contribution in [0.25, 0.3) is 0 Å². The van der Waals surface area contributed by atoms with E-state index in [1.165, 1.54) is 12.1 Å². The number of hydrogen-bond donors (Lipinski definition) is 5. The summed E-state index contributed by atoms with van der Waals surface area (Å²) in [6.45, 7) is 3.41. The number of carbonyl (C=O) groups is 4.